The van der Waals surface area contributed by atoms with Crippen molar-refractivity contribution in [3.05, 3.63) is 40.6 Å². The molecule has 0 unspecified atom stereocenters. The molecule has 5 nitrogen and oxygen atoms in total. The fraction of sp³-hybridized carbons (Fsp3) is 0.368. The number of methoxy groups -OCH3 is 1. The summed E-state index contributed by atoms with van der Waals surface area (Å²) < 4.78 is 49.9. The summed E-state index contributed by atoms with van der Waals surface area (Å²) in [6.07, 6.45) is -1.45. The van der Waals surface area contributed by atoms with Gasteiger partial charge >= 0.3 is 6.18 Å². The Balaban J connectivity index is 1.88. The van der Waals surface area contributed by atoms with E-state index in [9.17, 15) is 13.2 Å². The van der Waals surface area contributed by atoms with Crippen LogP contribution in [-0.4, -0.2) is 29.1 Å². The van der Waals surface area contributed by atoms with Crippen molar-refractivity contribution in [3.8, 4) is 17.0 Å². The molecule has 0 amide bonds. The second kappa shape index (κ2) is 6.53. The van der Waals surface area contributed by atoms with Crippen LogP contribution in [0.3, 0.4) is 0 Å². The van der Waals surface area contributed by atoms with E-state index in [0.717, 1.165) is 42.5 Å². The Kier molecular flexibility index (Phi) is 4.30. The van der Waals surface area contributed by atoms with Crippen molar-refractivity contribution in [2.75, 3.05) is 13.9 Å². The van der Waals surface area contributed by atoms with Crippen molar-refractivity contribution in [2.45, 2.75) is 32.4 Å². The first-order chi connectivity index (χ1) is 12.9. The van der Waals surface area contributed by atoms with Gasteiger partial charge in [0.25, 0.3) is 0 Å². The molecule has 1 aliphatic rings. The third kappa shape index (κ3) is 3.14. The molecule has 8 heteroatoms. The number of rotatable bonds is 4. The molecule has 4 rings (SSSR count). The molecule has 0 aliphatic heterocycles. The molecule has 0 bridgehead atoms. The SMILES string of the molecule is COCOc1cc(C(F)(F)F)cc(C)c1-c1cc2c3c([nH]c2nn1)CCC3. The van der Waals surface area contributed by atoms with Crippen LogP contribution in [0.15, 0.2) is 18.2 Å². The van der Waals surface area contributed by atoms with E-state index in [-0.39, 0.29) is 12.5 Å². The van der Waals surface area contributed by atoms with Crippen molar-refractivity contribution in [1.82, 2.24) is 15.2 Å². The topological polar surface area (TPSA) is 60.0 Å². The Morgan fingerprint density at radius 3 is 2.70 bits per heavy atom. The van der Waals surface area contributed by atoms with Crippen LogP contribution in [0.2, 0.25) is 0 Å². The maximum atomic E-state index is 13.2. The number of nitrogens with one attached hydrogen (secondary N) is 1. The monoisotopic (exact) mass is 377 g/mol. The Morgan fingerprint density at radius 1 is 1.15 bits per heavy atom. The molecule has 0 saturated carbocycles. The van der Waals surface area contributed by atoms with E-state index in [1.165, 1.54) is 12.7 Å². The van der Waals surface area contributed by atoms with Gasteiger partial charge in [0, 0.05) is 23.8 Å². The fourth-order valence-corrected chi connectivity index (χ4v) is 3.64. The lowest BCUT2D eigenvalue weighted by Crippen LogP contribution is -2.09. The smallest absolute Gasteiger partial charge is 0.416 e. The lowest BCUT2D eigenvalue weighted by molar-refractivity contribution is -0.137. The van der Waals surface area contributed by atoms with Crippen molar-refractivity contribution in [3.63, 3.8) is 0 Å². The third-order valence-electron chi connectivity index (χ3n) is 4.82. The zero-order valence-corrected chi connectivity index (χ0v) is 14.9. The van der Waals surface area contributed by atoms with Crippen LogP contribution in [0.25, 0.3) is 22.3 Å². The van der Waals surface area contributed by atoms with Crippen LogP contribution < -0.4 is 4.74 Å². The summed E-state index contributed by atoms with van der Waals surface area (Å²) in [4.78, 5) is 3.27. The van der Waals surface area contributed by atoms with Crippen molar-refractivity contribution < 1.29 is 22.6 Å². The first-order valence-corrected chi connectivity index (χ1v) is 8.59. The van der Waals surface area contributed by atoms with Crippen molar-refractivity contribution in [1.29, 1.82) is 0 Å². The van der Waals surface area contributed by atoms with Gasteiger partial charge in [0.15, 0.2) is 12.4 Å². The van der Waals surface area contributed by atoms with E-state index in [4.69, 9.17) is 9.47 Å². The minimum Gasteiger partial charge on any atom is -0.467 e. The first kappa shape index (κ1) is 17.8. The zero-order valence-electron chi connectivity index (χ0n) is 14.9. The number of hydrogen-bond acceptors (Lipinski definition) is 4. The molecular weight excluding hydrogens is 359 g/mol. The summed E-state index contributed by atoms with van der Waals surface area (Å²) in [7, 11) is 1.41. The number of ether oxygens (including phenoxy) is 2. The molecule has 0 spiro atoms. The number of aryl methyl sites for hydroxylation is 3. The van der Waals surface area contributed by atoms with Crippen LogP contribution in [0.5, 0.6) is 5.75 Å². The summed E-state index contributed by atoms with van der Waals surface area (Å²) >= 11 is 0. The molecule has 1 aromatic carbocycles. The standard InChI is InChI=1S/C19H18F3N3O2/c1-10-6-11(19(20,21)22)7-16(27-9-26-2)17(10)15-8-13-12-4-3-5-14(12)23-18(13)25-24-15/h6-8H,3-5,9H2,1-2H3,(H,23,25). The van der Waals surface area contributed by atoms with E-state index in [2.05, 4.69) is 15.2 Å². The van der Waals surface area contributed by atoms with Crippen LogP contribution in [-0.2, 0) is 23.8 Å². The average Bonchev–Trinajstić information content (AvgIpc) is 3.19. The van der Waals surface area contributed by atoms with Crippen LogP contribution >= 0.6 is 0 Å². The Labute approximate surface area is 153 Å². The van der Waals surface area contributed by atoms with Gasteiger partial charge in [0.2, 0.25) is 0 Å². The number of H-pyrrole nitrogens is 1. The summed E-state index contributed by atoms with van der Waals surface area (Å²) in [5.74, 6) is 0.0741. The van der Waals surface area contributed by atoms with Crippen LogP contribution in [0, 0.1) is 6.92 Å². The molecule has 3 aromatic rings. The molecule has 2 aromatic heterocycles. The molecule has 1 N–H and O–H groups in total. The minimum absolute atomic E-state index is 0.0741. The number of alkyl halides is 3. The largest absolute Gasteiger partial charge is 0.467 e. The lowest BCUT2D eigenvalue weighted by atomic mass is 9.99. The van der Waals surface area contributed by atoms with E-state index >= 15 is 0 Å². The molecule has 1 aliphatic carbocycles. The van der Waals surface area contributed by atoms with Crippen LogP contribution in [0.1, 0.15) is 28.8 Å². The molecule has 0 saturated heterocycles. The Bertz CT molecular complexity index is 1010. The summed E-state index contributed by atoms with van der Waals surface area (Å²) in [6.45, 7) is 1.45. The molecule has 0 fully saturated rings. The number of nitrogens with zero attached hydrogens (tertiary/aromatic N) is 2. The highest BCUT2D eigenvalue weighted by Crippen LogP contribution is 2.40. The quantitative estimate of drug-likeness (QED) is 0.684. The molecule has 142 valence electrons. The predicted octanol–water partition coefficient (Wildman–Crippen LogP) is 4.42. The highest BCUT2D eigenvalue weighted by Gasteiger charge is 2.32. The maximum absolute atomic E-state index is 13.2. The highest BCUT2D eigenvalue weighted by molar-refractivity contribution is 5.86. The minimum atomic E-state index is -4.47. The van der Waals surface area contributed by atoms with Gasteiger partial charge in [-0.3, -0.25) is 0 Å². The zero-order chi connectivity index (χ0) is 19.2. The Morgan fingerprint density at radius 2 is 1.96 bits per heavy atom. The maximum Gasteiger partial charge on any atom is 0.416 e. The van der Waals surface area contributed by atoms with Crippen molar-refractivity contribution in [2.24, 2.45) is 0 Å². The third-order valence-corrected chi connectivity index (χ3v) is 4.82. The van der Waals surface area contributed by atoms with Crippen molar-refractivity contribution >= 4 is 11.0 Å². The van der Waals surface area contributed by atoms with Gasteiger partial charge in [-0.15, -0.1) is 10.2 Å². The normalized spacial score (nSPS) is 14.0. The van der Waals surface area contributed by atoms with Gasteiger partial charge in [-0.05, 0) is 55.5 Å². The van der Waals surface area contributed by atoms with E-state index in [1.807, 2.05) is 6.07 Å². The number of aromatic nitrogens is 3. The predicted molar refractivity (Wildman–Crippen MR) is 93.6 cm³/mol. The van der Waals surface area contributed by atoms with E-state index in [0.29, 0.717) is 22.5 Å². The van der Waals surface area contributed by atoms with Gasteiger partial charge < -0.3 is 14.5 Å². The molecule has 0 radical (unpaired) electrons. The molecular formula is C19H18F3N3O2. The second-order valence-corrected chi connectivity index (χ2v) is 6.64. The average molecular weight is 377 g/mol. The van der Waals surface area contributed by atoms with Gasteiger partial charge in [-0.2, -0.15) is 13.2 Å². The van der Waals surface area contributed by atoms with Gasteiger partial charge in [-0.1, -0.05) is 0 Å². The summed E-state index contributed by atoms with van der Waals surface area (Å²) in [5.41, 5.74) is 3.69. The van der Waals surface area contributed by atoms with Crippen LogP contribution in [0.4, 0.5) is 13.2 Å². The number of benzene rings is 1. The molecule has 2 heterocycles. The Hall–Kier alpha value is -2.61. The molecule has 0 atom stereocenters. The first-order valence-electron chi connectivity index (χ1n) is 8.59. The number of hydrogen-bond donors (Lipinski definition) is 1. The summed E-state index contributed by atoms with van der Waals surface area (Å²) in [6, 6.07) is 3.95. The van der Waals surface area contributed by atoms with E-state index in [1.54, 1.807) is 6.92 Å². The second-order valence-electron chi connectivity index (χ2n) is 6.64. The van der Waals surface area contributed by atoms with Gasteiger partial charge in [0.1, 0.15) is 5.75 Å². The highest BCUT2D eigenvalue weighted by atomic mass is 19.4. The summed E-state index contributed by atoms with van der Waals surface area (Å²) in [5, 5.41) is 9.43. The lowest BCUT2D eigenvalue weighted by Gasteiger charge is -2.16. The fourth-order valence-electron chi connectivity index (χ4n) is 3.64. The van der Waals surface area contributed by atoms with Gasteiger partial charge in [-0.25, -0.2) is 0 Å². The number of halogens is 3. The number of aromatic amines is 1. The van der Waals surface area contributed by atoms with Gasteiger partial charge in [0.05, 0.1) is 11.3 Å². The van der Waals surface area contributed by atoms with E-state index < -0.39 is 11.7 Å². The molecule has 27 heavy (non-hydrogen) atoms. The number of fused-ring (bicyclic) bond motifs is 3.